The van der Waals surface area contributed by atoms with Gasteiger partial charge in [-0.05, 0) is 55.2 Å². The van der Waals surface area contributed by atoms with Crippen molar-refractivity contribution in [2.24, 2.45) is 0 Å². The van der Waals surface area contributed by atoms with Crippen LogP contribution in [-0.4, -0.2) is 25.8 Å². The van der Waals surface area contributed by atoms with E-state index in [0.29, 0.717) is 22.8 Å². The van der Waals surface area contributed by atoms with Crippen molar-refractivity contribution in [1.82, 2.24) is 25.1 Å². The molecule has 0 aliphatic heterocycles. The van der Waals surface area contributed by atoms with E-state index >= 15 is 0 Å². The molecular weight excluding hydrogens is 538 g/mol. The average molecular weight is 565 g/mol. The van der Waals surface area contributed by atoms with Crippen LogP contribution in [0, 0.1) is 11.6 Å². The second kappa shape index (κ2) is 10.1. The van der Waals surface area contributed by atoms with Crippen molar-refractivity contribution in [3.8, 4) is 22.4 Å². The summed E-state index contributed by atoms with van der Waals surface area (Å²) in [6, 6.07) is 17.7. The molecule has 1 saturated carbocycles. The van der Waals surface area contributed by atoms with Gasteiger partial charge in [0.15, 0.2) is 5.65 Å². The van der Waals surface area contributed by atoms with E-state index in [1.165, 1.54) is 55.6 Å². The zero-order valence-corrected chi connectivity index (χ0v) is 22.6. The van der Waals surface area contributed by atoms with Gasteiger partial charge in [-0.1, -0.05) is 42.5 Å². The lowest BCUT2D eigenvalue weighted by Crippen LogP contribution is -2.17. The van der Waals surface area contributed by atoms with Crippen molar-refractivity contribution >= 4 is 27.8 Å². The average Bonchev–Trinajstić information content (AvgIpc) is 3.74. The summed E-state index contributed by atoms with van der Waals surface area (Å²) < 4.78 is 37.0. The Kier molecular flexibility index (Phi) is 6.27. The number of hydrogen-bond acceptors (Lipinski definition) is 7. The summed E-state index contributed by atoms with van der Waals surface area (Å²) in [4.78, 5) is 22.5. The summed E-state index contributed by atoms with van der Waals surface area (Å²) in [6.07, 6.45) is 3.77. The Morgan fingerprint density at radius 1 is 1.02 bits per heavy atom. The number of nitrogens with two attached hydrogens (primary N) is 1. The number of nitrogens with one attached hydrogen (secondary N) is 1. The van der Waals surface area contributed by atoms with Crippen LogP contribution in [0.4, 0.5) is 14.6 Å². The molecule has 1 fully saturated rings. The van der Waals surface area contributed by atoms with Gasteiger partial charge in [-0.15, -0.1) is 0 Å². The van der Waals surface area contributed by atoms with E-state index in [9.17, 15) is 13.6 Å². The van der Waals surface area contributed by atoms with Crippen LogP contribution in [0.3, 0.4) is 0 Å². The molecule has 0 spiro atoms. The van der Waals surface area contributed by atoms with E-state index in [-0.39, 0.29) is 33.7 Å². The SMILES string of the molecule is CC(c1oc2cccc(F)c2c(=O)c1-c1cccc(F)c1)n1nc(-c2ccc(CNC3CC3)cc2)c2c(N)ncnc21. The lowest BCUT2D eigenvalue weighted by atomic mass is 9.99. The van der Waals surface area contributed by atoms with E-state index in [4.69, 9.17) is 15.2 Å². The smallest absolute Gasteiger partial charge is 0.203 e. The lowest BCUT2D eigenvalue weighted by molar-refractivity contribution is 0.445. The summed E-state index contributed by atoms with van der Waals surface area (Å²) in [7, 11) is 0. The van der Waals surface area contributed by atoms with Crippen molar-refractivity contribution in [2.45, 2.75) is 38.4 Å². The summed E-state index contributed by atoms with van der Waals surface area (Å²) >= 11 is 0. The minimum Gasteiger partial charge on any atom is -0.458 e. The largest absolute Gasteiger partial charge is 0.458 e. The Labute approximate surface area is 238 Å². The van der Waals surface area contributed by atoms with Crippen LogP contribution >= 0.6 is 0 Å². The Balaban J connectivity index is 1.40. The van der Waals surface area contributed by atoms with E-state index in [1.807, 2.05) is 24.3 Å². The number of aromatic nitrogens is 4. The maximum absolute atomic E-state index is 14.9. The van der Waals surface area contributed by atoms with Crippen LogP contribution in [0.1, 0.15) is 37.1 Å². The van der Waals surface area contributed by atoms with Crippen LogP contribution in [-0.2, 0) is 6.54 Å². The molecule has 1 unspecified atom stereocenters. The summed E-state index contributed by atoms with van der Waals surface area (Å²) in [5.74, 6) is -0.831. The van der Waals surface area contributed by atoms with Gasteiger partial charge in [0, 0.05) is 18.2 Å². The number of nitrogen functional groups attached to an aromatic ring is 1. The second-order valence-electron chi connectivity index (χ2n) is 10.6. The van der Waals surface area contributed by atoms with E-state index in [0.717, 1.165) is 17.7 Å². The minimum absolute atomic E-state index is 0.0411. The second-order valence-corrected chi connectivity index (χ2v) is 10.6. The molecule has 10 heteroatoms. The molecule has 3 aromatic heterocycles. The number of benzene rings is 3. The number of rotatable bonds is 7. The third-order valence-corrected chi connectivity index (χ3v) is 7.67. The lowest BCUT2D eigenvalue weighted by Gasteiger charge is -2.17. The molecule has 0 bridgehead atoms. The highest BCUT2D eigenvalue weighted by Gasteiger charge is 2.28. The highest BCUT2D eigenvalue weighted by Crippen LogP contribution is 2.36. The van der Waals surface area contributed by atoms with Crippen LogP contribution in [0.5, 0.6) is 0 Å². The van der Waals surface area contributed by atoms with Crippen molar-refractivity contribution in [3.63, 3.8) is 0 Å². The molecular formula is C32H26F2N6O2. The quantitative estimate of drug-likeness (QED) is 0.245. The molecule has 7 rings (SSSR count). The minimum atomic E-state index is -0.726. The maximum atomic E-state index is 14.9. The molecule has 0 saturated heterocycles. The number of hydrogen-bond donors (Lipinski definition) is 2. The van der Waals surface area contributed by atoms with Gasteiger partial charge in [-0.25, -0.2) is 23.4 Å². The molecule has 210 valence electrons. The molecule has 0 amide bonds. The number of fused-ring (bicyclic) bond motifs is 2. The molecule has 1 aliphatic carbocycles. The highest BCUT2D eigenvalue weighted by atomic mass is 19.1. The molecule has 0 radical (unpaired) electrons. The first-order valence-corrected chi connectivity index (χ1v) is 13.7. The molecule has 3 aromatic carbocycles. The Morgan fingerprint density at radius 3 is 2.57 bits per heavy atom. The van der Waals surface area contributed by atoms with Crippen LogP contribution in [0.15, 0.2) is 82.3 Å². The monoisotopic (exact) mass is 564 g/mol. The molecule has 42 heavy (non-hydrogen) atoms. The van der Waals surface area contributed by atoms with Crippen LogP contribution < -0.4 is 16.5 Å². The van der Waals surface area contributed by atoms with Crippen LogP contribution in [0.25, 0.3) is 44.4 Å². The molecule has 3 heterocycles. The number of nitrogens with zero attached hydrogens (tertiary/aromatic N) is 4. The summed E-state index contributed by atoms with van der Waals surface area (Å²) in [5, 5.41) is 8.75. The fraction of sp³-hybridized carbons (Fsp3) is 0.188. The van der Waals surface area contributed by atoms with Crippen molar-refractivity contribution in [3.05, 3.63) is 106 Å². The zero-order valence-electron chi connectivity index (χ0n) is 22.6. The topological polar surface area (TPSA) is 112 Å². The maximum Gasteiger partial charge on any atom is 0.203 e. The number of halogens is 2. The molecule has 8 nitrogen and oxygen atoms in total. The van der Waals surface area contributed by atoms with E-state index in [1.54, 1.807) is 17.7 Å². The molecule has 1 atom stereocenters. The van der Waals surface area contributed by atoms with E-state index in [2.05, 4.69) is 15.3 Å². The van der Waals surface area contributed by atoms with Gasteiger partial charge in [0.2, 0.25) is 5.43 Å². The fourth-order valence-corrected chi connectivity index (χ4v) is 5.34. The van der Waals surface area contributed by atoms with Gasteiger partial charge in [0.05, 0.1) is 10.9 Å². The Morgan fingerprint density at radius 2 is 1.81 bits per heavy atom. The summed E-state index contributed by atoms with van der Waals surface area (Å²) in [6.45, 7) is 2.57. The Hall–Kier alpha value is -4.96. The third-order valence-electron chi connectivity index (χ3n) is 7.67. The molecule has 3 N–H and O–H groups in total. The van der Waals surface area contributed by atoms with Gasteiger partial charge >= 0.3 is 0 Å². The summed E-state index contributed by atoms with van der Waals surface area (Å²) in [5.41, 5.74) is 9.07. The van der Waals surface area contributed by atoms with E-state index < -0.39 is 23.1 Å². The van der Waals surface area contributed by atoms with Gasteiger partial charge in [0.1, 0.15) is 52.2 Å². The highest BCUT2D eigenvalue weighted by molar-refractivity contribution is 5.98. The predicted molar refractivity (Wildman–Crippen MR) is 157 cm³/mol. The predicted octanol–water partition coefficient (Wildman–Crippen LogP) is 5.99. The standard InChI is InChI=1S/C32H26F2N6O2/c1-17(30-25(20-4-2-5-21(33)14-20)29(41)26-23(34)6-3-7-24(26)42-30)40-32-27(31(35)37-16-38-32)28(39-40)19-10-8-18(9-11-19)15-36-22-12-13-22/h2-11,14,16-17,22,36H,12-13,15H2,1H3,(H2,35,37,38). The van der Waals surface area contributed by atoms with Gasteiger partial charge in [-0.3, -0.25) is 4.79 Å². The van der Waals surface area contributed by atoms with Crippen molar-refractivity contribution < 1.29 is 13.2 Å². The molecule has 1 aliphatic rings. The van der Waals surface area contributed by atoms with Crippen molar-refractivity contribution in [1.29, 1.82) is 0 Å². The number of anilines is 1. The first-order valence-electron chi connectivity index (χ1n) is 13.7. The van der Waals surface area contributed by atoms with Crippen LogP contribution in [0.2, 0.25) is 0 Å². The normalized spacial score (nSPS) is 14.1. The van der Waals surface area contributed by atoms with Gasteiger partial charge in [0.25, 0.3) is 0 Å². The molecule has 6 aromatic rings. The van der Waals surface area contributed by atoms with Gasteiger partial charge < -0.3 is 15.5 Å². The first-order chi connectivity index (χ1) is 20.4. The van der Waals surface area contributed by atoms with Crippen molar-refractivity contribution in [2.75, 3.05) is 5.73 Å². The zero-order chi connectivity index (χ0) is 29.0. The Bertz CT molecular complexity index is 2030. The first kappa shape index (κ1) is 26.0. The third kappa shape index (κ3) is 4.50. The van der Waals surface area contributed by atoms with Gasteiger partial charge in [-0.2, -0.15) is 5.10 Å². The fourth-order valence-electron chi connectivity index (χ4n) is 5.34.